The standard InChI is InChI=1S/C22H22FN3O3S/c1-15-2-6-17(7-3-15)21-12-20(25-26(21)19-10-11-30(28,29)14-19)22(27)24-13-16-4-8-18(23)9-5-16/h2-9,12,19H,10-11,13-14H2,1H3,(H,24,27)/t19-/m1/s1. The van der Waals surface area contributed by atoms with Crippen LogP contribution in [0.25, 0.3) is 11.3 Å². The van der Waals surface area contributed by atoms with Crippen LogP contribution in [-0.4, -0.2) is 35.6 Å². The lowest BCUT2D eigenvalue weighted by Crippen LogP contribution is -2.24. The van der Waals surface area contributed by atoms with Crippen LogP contribution in [0.15, 0.2) is 54.6 Å². The Labute approximate surface area is 174 Å². The summed E-state index contributed by atoms with van der Waals surface area (Å²) in [4.78, 5) is 12.7. The molecule has 0 radical (unpaired) electrons. The largest absolute Gasteiger partial charge is 0.347 e. The molecule has 6 nitrogen and oxygen atoms in total. The van der Waals surface area contributed by atoms with Crippen molar-refractivity contribution in [3.05, 3.63) is 77.2 Å². The lowest BCUT2D eigenvalue weighted by atomic mass is 10.1. The molecule has 1 saturated heterocycles. The van der Waals surface area contributed by atoms with Gasteiger partial charge in [-0.3, -0.25) is 9.48 Å². The number of amides is 1. The summed E-state index contributed by atoms with van der Waals surface area (Å²) in [6.45, 7) is 2.22. The van der Waals surface area contributed by atoms with Crippen molar-refractivity contribution in [2.45, 2.75) is 25.9 Å². The number of nitrogens with zero attached hydrogens (tertiary/aromatic N) is 2. The first kappa shape index (κ1) is 20.3. The van der Waals surface area contributed by atoms with Crippen molar-refractivity contribution in [2.75, 3.05) is 11.5 Å². The zero-order valence-corrected chi connectivity index (χ0v) is 17.3. The molecule has 0 spiro atoms. The summed E-state index contributed by atoms with van der Waals surface area (Å²) < 4.78 is 38.7. The van der Waals surface area contributed by atoms with Crippen LogP contribution >= 0.6 is 0 Å². The molecule has 0 bridgehead atoms. The number of aryl methyl sites for hydroxylation is 1. The number of benzene rings is 2. The van der Waals surface area contributed by atoms with Crippen LogP contribution in [0.1, 0.15) is 34.1 Å². The molecule has 0 aliphatic carbocycles. The first-order valence-corrected chi connectivity index (χ1v) is 11.5. The van der Waals surface area contributed by atoms with Gasteiger partial charge in [0.25, 0.3) is 5.91 Å². The van der Waals surface area contributed by atoms with Gasteiger partial charge >= 0.3 is 0 Å². The number of hydrogen-bond donors (Lipinski definition) is 1. The SMILES string of the molecule is Cc1ccc(-c2cc(C(=O)NCc3ccc(F)cc3)nn2[C@@H]2CCS(=O)(=O)C2)cc1. The van der Waals surface area contributed by atoms with Crippen molar-refractivity contribution < 1.29 is 17.6 Å². The number of carbonyl (C=O) groups excluding carboxylic acids is 1. The Morgan fingerprint density at radius 1 is 1.17 bits per heavy atom. The molecule has 3 aromatic rings. The van der Waals surface area contributed by atoms with Gasteiger partial charge in [0.15, 0.2) is 15.5 Å². The zero-order valence-electron chi connectivity index (χ0n) is 16.5. The van der Waals surface area contributed by atoms with E-state index in [1.54, 1.807) is 22.9 Å². The maximum Gasteiger partial charge on any atom is 0.272 e. The number of nitrogens with one attached hydrogen (secondary N) is 1. The Kier molecular flexibility index (Phi) is 5.42. The van der Waals surface area contributed by atoms with Gasteiger partial charge in [-0.25, -0.2) is 12.8 Å². The monoisotopic (exact) mass is 427 g/mol. The summed E-state index contributed by atoms with van der Waals surface area (Å²) in [6, 6.07) is 15.1. The van der Waals surface area contributed by atoms with Crippen LogP contribution in [-0.2, 0) is 16.4 Å². The van der Waals surface area contributed by atoms with E-state index in [-0.39, 0.29) is 41.5 Å². The highest BCUT2D eigenvalue weighted by Crippen LogP contribution is 2.30. The number of halogens is 1. The Bertz CT molecular complexity index is 1170. The molecule has 4 rings (SSSR count). The summed E-state index contributed by atoms with van der Waals surface area (Å²) in [5.74, 6) is -0.563. The van der Waals surface area contributed by atoms with Crippen molar-refractivity contribution in [3.8, 4) is 11.3 Å². The van der Waals surface area contributed by atoms with Crippen LogP contribution in [0.4, 0.5) is 4.39 Å². The van der Waals surface area contributed by atoms with E-state index in [1.165, 1.54) is 12.1 Å². The summed E-state index contributed by atoms with van der Waals surface area (Å²) in [6.07, 6.45) is 0.472. The van der Waals surface area contributed by atoms with Crippen LogP contribution in [0.2, 0.25) is 0 Å². The van der Waals surface area contributed by atoms with E-state index in [0.717, 1.165) is 16.7 Å². The smallest absolute Gasteiger partial charge is 0.272 e. The van der Waals surface area contributed by atoms with E-state index in [9.17, 15) is 17.6 Å². The van der Waals surface area contributed by atoms with Crippen LogP contribution in [0.3, 0.4) is 0 Å². The minimum Gasteiger partial charge on any atom is -0.347 e. The third-order valence-electron chi connectivity index (χ3n) is 5.24. The van der Waals surface area contributed by atoms with Gasteiger partial charge in [0, 0.05) is 6.54 Å². The van der Waals surface area contributed by atoms with E-state index in [4.69, 9.17) is 0 Å². The predicted molar refractivity (Wildman–Crippen MR) is 112 cm³/mol. The van der Waals surface area contributed by atoms with Gasteiger partial charge in [-0.15, -0.1) is 0 Å². The summed E-state index contributed by atoms with van der Waals surface area (Å²) in [5.41, 5.74) is 3.67. The van der Waals surface area contributed by atoms with Crippen molar-refractivity contribution in [3.63, 3.8) is 0 Å². The van der Waals surface area contributed by atoms with Gasteiger partial charge in [0.2, 0.25) is 0 Å². The van der Waals surface area contributed by atoms with Gasteiger partial charge in [0.1, 0.15) is 5.82 Å². The first-order valence-electron chi connectivity index (χ1n) is 9.70. The molecule has 8 heteroatoms. The molecule has 2 heterocycles. The fourth-order valence-corrected chi connectivity index (χ4v) is 5.26. The van der Waals surface area contributed by atoms with Gasteiger partial charge in [-0.05, 0) is 42.7 Å². The predicted octanol–water partition coefficient (Wildman–Crippen LogP) is 3.29. The molecule has 0 unspecified atom stereocenters. The third-order valence-corrected chi connectivity index (χ3v) is 6.99. The Balaban J connectivity index is 1.61. The second-order valence-electron chi connectivity index (χ2n) is 7.59. The highest BCUT2D eigenvalue weighted by atomic mass is 32.2. The molecular weight excluding hydrogens is 405 g/mol. The average molecular weight is 428 g/mol. The van der Waals surface area contributed by atoms with Crippen LogP contribution < -0.4 is 5.32 Å². The van der Waals surface area contributed by atoms with Crippen LogP contribution in [0.5, 0.6) is 0 Å². The summed E-state index contributed by atoms with van der Waals surface area (Å²) in [7, 11) is -3.10. The fourth-order valence-electron chi connectivity index (χ4n) is 3.57. The molecule has 1 aromatic heterocycles. The fraction of sp³-hybridized carbons (Fsp3) is 0.273. The highest BCUT2D eigenvalue weighted by molar-refractivity contribution is 7.91. The molecular formula is C22H22FN3O3S. The lowest BCUT2D eigenvalue weighted by molar-refractivity contribution is 0.0945. The van der Waals surface area contributed by atoms with Gasteiger partial charge in [-0.1, -0.05) is 42.0 Å². The molecule has 1 N–H and O–H groups in total. The van der Waals surface area contributed by atoms with Crippen molar-refractivity contribution in [1.29, 1.82) is 0 Å². The summed E-state index contributed by atoms with van der Waals surface area (Å²) >= 11 is 0. The number of carbonyl (C=O) groups is 1. The number of rotatable bonds is 5. The maximum atomic E-state index is 13.0. The molecule has 1 fully saturated rings. The molecule has 1 atom stereocenters. The van der Waals surface area contributed by atoms with E-state index >= 15 is 0 Å². The molecule has 1 aliphatic rings. The summed E-state index contributed by atoms with van der Waals surface area (Å²) in [5, 5.41) is 7.25. The molecule has 156 valence electrons. The van der Waals surface area contributed by atoms with Crippen molar-refractivity contribution in [1.82, 2.24) is 15.1 Å². The second-order valence-corrected chi connectivity index (χ2v) is 9.82. The molecule has 30 heavy (non-hydrogen) atoms. The Morgan fingerprint density at radius 2 is 1.87 bits per heavy atom. The van der Waals surface area contributed by atoms with Gasteiger partial charge in [0.05, 0.1) is 23.2 Å². The second kappa shape index (κ2) is 8.02. The minimum absolute atomic E-state index is 0.0180. The highest BCUT2D eigenvalue weighted by Gasteiger charge is 2.32. The van der Waals surface area contributed by atoms with Crippen molar-refractivity contribution >= 4 is 15.7 Å². The zero-order chi connectivity index (χ0) is 21.3. The maximum absolute atomic E-state index is 13.0. The molecule has 1 aliphatic heterocycles. The number of aromatic nitrogens is 2. The van der Waals surface area contributed by atoms with E-state index in [1.807, 2.05) is 31.2 Å². The normalized spacial score (nSPS) is 17.7. The van der Waals surface area contributed by atoms with Gasteiger partial charge in [-0.2, -0.15) is 5.10 Å². The molecule has 0 saturated carbocycles. The quantitative estimate of drug-likeness (QED) is 0.678. The Morgan fingerprint density at radius 3 is 2.50 bits per heavy atom. The molecule has 2 aromatic carbocycles. The van der Waals surface area contributed by atoms with Crippen molar-refractivity contribution in [2.24, 2.45) is 0 Å². The van der Waals surface area contributed by atoms with E-state index < -0.39 is 9.84 Å². The Hall–Kier alpha value is -3.00. The van der Waals surface area contributed by atoms with Crippen LogP contribution in [0, 0.1) is 12.7 Å². The topological polar surface area (TPSA) is 81.1 Å². The third kappa shape index (κ3) is 4.43. The number of hydrogen-bond acceptors (Lipinski definition) is 4. The number of sulfone groups is 1. The van der Waals surface area contributed by atoms with E-state index in [2.05, 4.69) is 10.4 Å². The lowest BCUT2D eigenvalue weighted by Gasteiger charge is -2.13. The molecule has 1 amide bonds. The average Bonchev–Trinajstić information content (AvgIpc) is 3.31. The minimum atomic E-state index is -3.10. The van der Waals surface area contributed by atoms with Gasteiger partial charge < -0.3 is 5.32 Å². The first-order chi connectivity index (χ1) is 14.3. The van der Waals surface area contributed by atoms with E-state index in [0.29, 0.717) is 12.1 Å².